The Balaban J connectivity index is 1.81. The zero-order valence-corrected chi connectivity index (χ0v) is 17.9. The summed E-state index contributed by atoms with van der Waals surface area (Å²) >= 11 is 0. The van der Waals surface area contributed by atoms with E-state index in [1.165, 1.54) is 19.3 Å². The zero-order valence-electron chi connectivity index (χ0n) is 17.9. The van der Waals surface area contributed by atoms with Crippen molar-refractivity contribution in [2.75, 3.05) is 11.9 Å². The van der Waals surface area contributed by atoms with Crippen molar-refractivity contribution < 1.29 is 27.8 Å². The molecule has 1 heterocycles. The lowest BCUT2D eigenvalue weighted by molar-refractivity contribution is -0.274. The number of nitrogens with zero attached hydrogens (tertiary/aromatic N) is 2. The SMILES string of the molecule is CCC1CC(O)(C(F)(F)F)C(CNc2cccc3c(=O)n(C)ncc23)c2ccc(F)c(O)c21. The van der Waals surface area contributed by atoms with E-state index >= 15 is 0 Å². The Bertz CT molecular complexity index is 1270. The minimum atomic E-state index is -4.97. The van der Waals surface area contributed by atoms with Crippen LogP contribution in [0.15, 0.2) is 41.3 Å². The van der Waals surface area contributed by atoms with Crippen molar-refractivity contribution in [3.8, 4) is 5.75 Å². The second-order valence-corrected chi connectivity index (χ2v) is 8.40. The molecule has 0 radical (unpaired) electrons. The molecule has 0 saturated carbocycles. The number of hydrogen-bond acceptors (Lipinski definition) is 5. The number of halogens is 4. The highest BCUT2D eigenvalue weighted by Gasteiger charge is 2.62. The summed E-state index contributed by atoms with van der Waals surface area (Å²) in [4.78, 5) is 12.3. The summed E-state index contributed by atoms with van der Waals surface area (Å²) in [6.45, 7) is 1.25. The lowest BCUT2D eigenvalue weighted by Crippen LogP contribution is -2.55. The molecule has 0 fully saturated rings. The first-order valence-electron chi connectivity index (χ1n) is 10.5. The Morgan fingerprint density at radius 2 is 1.97 bits per heavy atom. The lowest BCUT2D eigenvalue weighted by Gasteiger charge is -2.45. The van der Waals surface area contributed by atoms with Crippen molar-refractivity contribution in [3.63, 3.8) is 0 Å². The molecule has 3 unspecified atom stereocenters. The van der Waals surface area contributed by atoms with Gasteiger partial charge in [-0.1, -0.05) is 19.1 Å². The van der Waals surface area contributed by atoms with Gasteiger partial charge in [-0.2, -0.15) is 18.3 Å². The van der Waals surface area contributed by atoms with Crippen molar-refractivity contribution in [2.45, 2.75) is 43.4 Å². The predicted octanol–water partition coefficient (Wildman–Crippen LogP) is 4.16. The molecule has 10 heteroatoms. The van der Waals surface area contributed by atoms with Crippen LogP contribution < -0.4 is 10.9 Å². The number of rotatable bonds is 4. The zero-order chi connectivity index (χ0) is 24.1. The first-order valence-corrected chi connectivity index (χ1v) is 10.5. The van der Waals surface area contributed by atoms with Gasteiger partial charge in [0.2, 0.25) is 0 Å². The van der Waals surface area contributed by atoms with Crippen LogP contribution in [0.4, 0.5) is 23.2 Å². The fourth-order valence-corrected chi connectivity index (χ4v) is 4.78. The van der Waals surface area contributed by atoms with Gasteiger partial charge in [0.05, 0.1) is 11.6 Å². The summed E-state index contributed by atoms with van der Waals surface area (Å²) in [5.41, 5.74) is -2.97. The van der Waals surface area contributed by atoms with Gasteiger partial charge in [-0.05, 0) is 42.5 Å². The molecule has 0 spiro atoms. The van der Waals surface area contributed by atoms with Crippen LogP contribution in [0.3, 0.4) is 0 Å². The van der Waals surface area contributed by atoms with E-state index in [9.17, 15) is 32.6 Å². The second-order valence-electron chi connectivity index (χ2n) is 8.40. The third-order valence-corrected chi connectivity index (χ3v) is 6.59. The van der Waals surface area contributed by atoms with Crippen molar-refractivity contribution in [2.24, 2.45) is 7.05 Å². The van der Waals surface area contributed by atoms with Crippen LogP contribution >= 0.6 is 0 Å². The fraction of sp³-hybridized carbons (Fsp3) is 0.391. The van der Waals surface area contributed by atoms with E-state index < -0.39 is 41.6 Å². The second kappa shape index (κ2) is 8.02. The average Bonchev–Trinajstić information content (AvgIpc) is 2.77. The van der Waals surface area contributed by atoms with E-state index in [0.717, 1.165) is 10.7 Å². The number of benzene rings is 2. The molecule has 0 bridgehead atoms. The molecule has 33 heavy (non-hydrogen) atoms. The monoisotopic (exact) mass is 465 g/mol. The van der Waals surface area contributed by atoms with Gasteiger partial charge in [-0.3, -0.25) is 4.79 Å². The molecular formula is C23H23F4N3O3. The Hall–Kier alpha value is -3.14. The number of aliphatic hydroxyl groups is 1. The van der Waals surface area contributed by atoms with Gasteiger partial charge < -0.3 is 15.5 Å². The maximum Gasteiger partial charge on any atom is 0.417 e. The number of phenols is 1. The highest BCUT2D eigenvalue weighted by molar-refractivity contribution is 5.92. The topological polar surface area (TPSA) is 87.4 Å². The van der Waals surface area contributed by atoms with E-state index in [-0.39, 0.29) is 29.7 Å². The third kappa shape index (κ3) is 3.62. The van der Waals surface area contributed by atoms with E-state index in [1.807, 2.05) is 0 Å². The van der Waals surface area contributed by atoms with E-state index in [4.69, 9.17) is 0 Å². The van der Waals surface area contributed by atoms with E-state index in [2.05, 4.69) is 10.4 Å². The van der Waals surface area contributed by atoms with Gasteiger partial charge in [0.1, 0.15) is 0 Å². The number of aryl methyl sites for hydroxylation is 1. The Morgan fingerprint density at radius 1 is 1.24 bits per heavy atom. The number of fused-ring (bicyclic) bond motifs is 2. The summed E-state index contributed by atoms with van der Waals surface area (Å²) in [6, 6.07) is 6.86. The Kier molecular flexibility index (Phi) is 5.60. The van der Waals surface area contributed by atoms with Crippen LogP contribution in [-0.2, 0) is 7.05 Å². The molecule has 0 amide bonds. The molecule has 4 rings (SSSR count). The molecule has 0 saturated heterocycles. The predicted molar refractivity (Wildman–Crippen MR) is 115 cm³/mol. The fourth-order valence-electron chi connectivity index (χ4n) is 4.78. The van der Waals surface area contributed by atoms with Crippen molar-refractivity contribution in [3.05, 3.63) is 63.8 Å². The summed E-state index contributed by atoms with van der Waals surface area (Å²) in [5.74, 6) is -4.02. The molecule has 3 N–H and O–H groups in total. The molecule has 6 nitrogen and oxygen atoms in total. The minimum absolute atomic E-state index is 0.0357. The van der Waals surface area contributed by atoms with Gasteiger partial charge in [0.15, 0.2) is 17.2 Å². The minimum Gasteiger partial charge on any atom is -0.505 e. The Labute approximate surface area is 186 Å². The highest BCUT2D eigenvalue weighted by atomic mass is 19.4. The quantitative estimate of drug-likeness (QED) is 0.504. The maximum absolute atomic E-state index is 14.2. The lowest BCUT2D eigenvalue weighted by atomic mass is 9.66. The molecule has 1 aliphatic carbocycles. The average molecular weight is 465 g/mol. The van der Waals surface area contributed by atoms with Crippen LogP contribution in [0, 0.1) is 5.82 Å². The van der Waals surface area contributed by atoms with Crippen LogP contribution in [0.5, 0.6) is 5.75 Å². The molecule has 176 valence electrons. The molecule has 3 aromatic rings. The molecule has 0 aliphatic heterocycles. The van der Waals surface area contributed by atoms with E-state index in [0.29, 0.717) is 16.5 Å². The van der Waals surface area contributed by atoms with Crippen LogP contribution in [0.2, 0.25) is 0 Å². The van der Waals surface area contributed by atoms with Crippen LogP contribution in [0.1, 0.15) is 42.7 Å². The van der Waals surface area contributed by atoms with Crippen LogP contribution in [-0.4, -0.2) is 38.3 Å². The summed E-state index contributed by atoms with van der Waals surface area (Å²) in [5, 5.41) is 28.9. The number of nitrogens with one attached hydrogen (secondary N) is 1. The molecule has 1 aliphatic rings. The van der Waals surface area contributed by atoms with Crippen molar-refractivity contribution in [1.82, 2.24) is 9.78 Å². The van der Waals surface area contributed by atoms with Gasteiger partial charge in [-0.25, -0.2) is 9.07 Å². The first-order chi connectivity index (χ1) is 15.5. The molecule has 3 atom stereocenters. The van der Waals surface area contributed by atoms with E-state index in [1.54, 1.807) is 25.1 Å². The molecular weight excluding hydrogens is 442 g/mol. The number of aromatic nitrogens is 2. The third-order valence-electron chi connectivity index (χ3n) is 6.59. The summed E-state index contributed by atoms with van der Waals surface area (Å²) in [7, 11) is 1.49. The molecule has 2 aromatic carbocycles. The smallest absolute Gasteiger partial charge is 0.417 e. The van der Waals surface area contributed by atoms with Crippen molar-refractivity contribution in [1.29, 1.82) is 0 Å². The highest BCUT2D eigenvalue weighted by Crippen LogP contribution is 2.55. The summed E-state index contributed by atoms with van der Waals surface area (Å²) < 4.78 is 57.7. The normalized spacial score (nSPS) is 22.9. The first kappa shape index (κ1) is 23.0. The maximum atomic E-state index is 14.2. The number of aromatic hydroxyl groups is 1. The molecule has 1 aromatic heterocycles. The standard InChI is InChI=1S/C23H23F4N3O3/c1-3-12-9-22(33,23(25,26)27)16(14-7-8-17(24)20(31)19(12)14)11-28-18-6-4-5-13-15(18)10-29-30(2)21(13)32/h4-8,10,12,16,28,31,33H,3,9,11H2,1-2H3. The van der Waals surface area contributed by atoms with Gasteiger partial charge in [-0.15, -0.1) is 0 Å². The number of alkyl halides is 3. The van der Waals surface area contributed by atoms with Gasteiger partial charge >= 0.3 is 6.18 Å². The van der Waals surface area contributed by atoms with Crippen molar-refractivity contribution >= 4 is 16.5 Å². The van der Waals surface area contributed by atoms with Crippen LogP contribution in [0.25, 0.3) is 10.8 Å². The largest absolute Gasteiger partial charge is 0.505 e. The Morgan fingerprint density at radius 3 is 2.64 bits per heavy atom. The van der Waals surface area contributed by atoms with Gasteiger partial charge in [0, 0.05) is 36.1 Å². The summed E-state index contributed by atoms with van der Waals surface area (Å²) in [6.07, 6.45) is -4.06. The number of anilines is 1. The number of hydrogen-bond donors (Lipinski definition) is 3. The number of phenolic OH excluding ortho intramolecular Hbond substituents is 1. The van der Waals surface area contributed by atoms with Gasteiger partial charge in [0.25, 0.3) is 5.56 Å².